The third-order valence-corrected chi connectivity index (χ3v) is 6.88. The van der Waals surface area contributed by atoms with Crippen LogP contribution in [0.25, 0.3) is 0 Å². The summed E-state index contributed by atoms with van der Waals surface area (Å²) >= 11 is 1.52. The number of hydrogen-bond acceptors (Lipinski definition) is 5. The highest BCUT2D eigenvalue weighted by Gasteiger charge is 2.38. The van der Waals surface area contributed by atoms with E-state index >= 15 is 0 Å². The van der Waals surface area contributed by atoms with Crippen molar-refractivity contribution in [2.75, 3.05) is 0 Å². The first-order chi connectivity index (χ1) is 12.6. The highest BCUT2D eigenvalue weighted by molar-refractivity contribution is 7.89. The van der Waals surface area contributed by atoms with Crippen molar-refractivity contribution in [3.63, 3.8) is 0 Å². The summed E-state index contributed by atoms with van der Waals surface area (Å²) < 4.78 is 27.5. The van der Waals surface area contributed by atoms with E-state index in [2.05, 4.69) is 5.10 Å². The molecular weight excluding hydrogens is 368 g/mol. The Kier molecular flexibility index (Phi) is 4.26. The number of para-hydroxylation sites is 1. The van der Waals surface area contributed by atoms with Crippen LogP contribution >= 0.6 is 11.3 Å². The number of thiophene rings is 1. The maximum atomic E-state index is 13.2. The fraction of sp³-hybridized carbons (Fsp3) is 0.105. The molecule has 132 valence electrons. The van der Waals surface area contributed by atoms with E-state index in [0.29, 0.717) is 17.7 Å². The number of rotatable bonds is 4. The lowest BCUT2D eigenvalue weighted by atomic mass is 10.0. The average Bonchev–Trinajstić information content (AvgIpc) is 3.33. The largest absolute Gasteiger partial charge is 0.508 e. The molecule has 2 aromatic carbocycles. The molecule has 0 bridgehead atoms. The molecule has 0 saturated carbocycles. The molecule has 26 heavy (non-hydrogen) atoms. The van der Waals surface area contributed by atoms with Crippen LogP contribution in [0.15, 0.2) is 82.1 Å². The van der Waals surface area contributed by atoms with Crippen LogP contribution in [0.5, 0.6) is 5.75 Å². The fourth-order valence-electron chi connectivity index (χ4n) is 3.00. The van der Waals surface area contributed by atoms with Gasteiger partial charge in [-0.25, -0.2) is 0 Å². The first-order valence-electron chi connectivity index (χ1n) is 8.06. The van der Waals surface area contributed by atoms with Gasteiger partial charge < -0.3 is 5.11 Å². The van der Waals surface area contributed by atoms with E-state index in [0.717, 1.165) is 9.29 Å². The van der Waals surface area contributed by atoms with Gasteiger partial charge in [0.25, 0.3) is 10.0 Å². The molecule has 3 aromatic rings. The molecule has 1 aromatic heterocycles. The summed E-state index contributed by atoms with van der Waals surface area (Å²) in [4.78, 5) is 1.10. The fourth-order valence-corrected chi connectivity index (χ4v) is 5.17. The van der Waals surface area contributed by atoms with Crippen LogP contribution < -0.4 is 0 Å². The number of nitrogens with zero attached hydrogens (tertiary/aromatic N) is 2. The van der Waals surface area contributed by atoms with Gasteiger partial charge in [0.1, 0.15) is 5.75 Å². The first kappa shape index (κ1) is 16.8. The highest BCUT2D eigenvalue weighted by Crippen LogP contribution is 2.40. The second-order valence-electron chi connectivity index (χ2n) is 5.89. The zero-order valence-corrected chi connectivity index (χ0v) is 15.3. The van der Waals surface area contributed by atoms with Crippen molar-refractivity contribution in [1.29, 1.82) is 0 Å². The van der Waals surface area contributed by atoms with E-state index in [1.165, 1.54) is 11.3 Å². The summed E-state index contributed by atoms with van der Waals surface area (Å²) in [6, 6.07) is 18.3. The Hall–Kier alpha value is -2.64. The molecule has 0 fully saturated rings. The number of phenols is 1. The summed E-state index contributed by atoms with van der Waals surface area (Å²) in [5, 5.41) is 16.6. The number of benzene rings is 2. The molecular formula is C19H16N2O3S2. The van der Waals surface area contributed by atoms with Gasteiger partial charge in [-0.2, -0.15) is 17.9 Å². The number of phenolic OH excluding ortho intramolecular Hbond substituents is 1. The molecule has 0 amide bonds. The molecule has 1 aliphatic rings. The maximum absolute atomic E-state index is 13.2. The molecule has 7 heteroatoms. The molecule has 0 spiro atoms. The van der Waals surface area contributed by atoms with Crippen LogP contribution in [0.4, 0.5) is 0 Å². The van der Waals surface area contributed by atoms with Crippen molar-refractivity contribution in [2.24, 2.45) is 5.10 Å². The lowest BCUT2D eigenvalue weighted by Crippen LogP contribution is -2.27. The quantitative estimate of drug-likeness (QED) is 0.739. The van der Waals surface area contributed by atoms with Crippen molar-refractivity contribution in [3.8, 4) is 5.75 Å². The monoisotopic (exact) mass is 384 g/mol. The third-order valence-electron chi connectivity index (χ3n) is 4.26. The minimum atomic E-state index is -3.84. The highest BCUT2D eigenvalue weighted by atomic mass is 32.2. The molecule has 1 N–H and O–H groups in total. The van der Waals surface area contributed by atoms with Crippen LogP contribution in [-0.2, 0) is 10.0 Å². The lowest BCUT2D eigenvalue weighted by Gasteiger charge is -2.24. The van der Waals surface area contributed by atoms with Gasteiger partial charge >= 0.3 is 0 Å². The van der Waals surface area contributed by atoms with Crippen molar-refractivity contribution in [2.45, 2.75) is 17.4 Å². The van der Waals surface area contributed by atoms with E-state index in [4.69, 9.17) is 0 Å². The van der Waals surface area contributed by atoms with Gasteiger partial charge in [-0.1, -0.05) is 42.5 Å². The molecule has 0 aliphatic carbocycles. The second-order valence-corrected chi connectivity index (χ2v) is 8.64. The number of hydrogen-bond donors (Lipinski definition) is 1. The molecule has 0 radical (unpaired) electrons. The van der Waals surface area contributed by atoms with Crippen LogP contribution in [0.1, 0.15) is 22.9 Å². The smallest absolute Gasteiger partial charge is 0.279 e. The Morgan fingerprint density at radius 3 is 2.42 bits per heavy atom. The van der Waals surface area contributed by atoms with E-state index in [1.807, 2.05) is 17.5 Å². The Labute approximate surface area is 155 Å². The normalized spacial score (nSPS) is 17.3. The van der Waals surface area contributed by atoms with E-state index < -0.39 is 16.1 Å². The lowest BCUT2D eigenvalue weighted by molar-refractivity contribution is 0.358. The topological polar surface area (TPSA) is 70.0 Å². The van der Waals surface area contributed by atoms with E-state index in [-0.39, 0.29) is 10.6 Å². The SMILES string of the molecule is O=S(=O)(c1ccccc1)N1N=C(c2cccs2)C[C@H]1c1ccccc1O. The van der Waals surface area contributed by atoms with Gasteiger partial charge in [0.2, 0.25) is 0 Å². The van der Waals surface area contributed by atoms with Crippen LogP contribution in [-0.4, -0.2) is 23.7 Å². The standard InChI is InChI=1S/C19H16N2O3S2/c22-18-10-5-4-9-15(18)17-13-16(19-11-6-12-25-19)20-21(17)26(23,24)14-7-2-1-3-8-14/h1-12,17,22H,13H2/t17-/m0/s1. The van der Waals surface area contributed by atoms with Crippen LogP contribution in [0, 0.1) is 0 Å². The minimum absolute atomic E-state index is 0.0633. The Morgan fingerprint density at radius 2 is 1.73 bits per heavy atom. The Balaban J connectivity index is 1.83. The predicted molar refractivity (Wildman–Crippen MR) is 102 cm³/mol. The molecule has 0 unspecified atom stereocenters. The molecule has 0 saturated heterocycles. The molecule has 1 atom stereocenters. The average molecular weight is 384 g/mol. The number of hydrazone groups is 1. The van der Waals surface area contributed by atoms with E-state index in [1.54, 1.807) is 54.6 Å². The molecule has 2 heterocycles. The summed E-state index contributed by atoms with van der Waals surface area (Å²) in [6.45, 7) is 0. The van der Waals surface area contributed by atoms with Crippen molar-refractivity contribution in [1.82, 2.24) is 4.41 Å². The van der Waals surface area contributed by atoms with Gasteiger partial charge in [-0.15, -0.1) is 11.3 Å². The first-order valence-corrected chi connectivity index (χ1v) is 10.4. The van der Waals surface area contributed by atoms with Crippen LogP contribution in [0.3, 0.4) is 0 Å². The summed E-state index contributed by atoms with van der Waals surface area (Å²) in [6.07, 6.45) is 0.407. The maximum Gasteiger partial charge on any atom is 0.279 e. The van der Waals surface area contributed by atoms with Gasteiger partial charge in [-0.05, 0) is 29.6 Å². The Bertz CT molecular complexity index is 1050. The van der Waals surface area contributed by atoms with Gasteiger partial charge in [-0.3, -0.25) is 0 Å². The van der Waals surface area contributed by atoms with E-state index in [9.17, 15) is 13.5 Å². The molecule has 5 nitrogen and oxygen atoms in total. The Morgan fingerprint density at radius 1 is 1.00 bits per heavy atom. The second kappa shape index (κ2) is 6.59. The van der Waals surface area contributed by atoms with Gasteiger partial charge in [0.15, 0.2) is 0 Å². The number of sulfonamides is 1. The van der Waals surface area contributed by atoms with Gasteiger partial charge in [0.05, 0.1) is 21.5 Å². The zero-order valence-electron chi connectivity index (χ0n) is 13.7. The predicted octanol–water partition coefficient (Wildman–Crippen LogP) is 3.99. The van der Waals surface area contributed by atoms with Crippen molar-refractivity contribution >= 4 is 27.1 Å². The molecule has 4 rings (SSSR count). The summed E-state index contributed by atoms with van der Waals surface area (Å²) in [5.74, 6) is 0.0633. The zero-order chi connectivity index (χ0) is 18.1. The van der Waals surface area contributed by atoms with Crippen molar-refractivity contribution < 1.29 is 13.5 Å². The van der Waals surface area contributed by atoms with Crippen LogP contribution in [0.2, 0.25) is 0 Å². The molecule has 1 aliphatic heterocycles. The third kappa shape index (κ3) is 2.89. The summed E-state index contributed by atoms with van der Waals surface area (Å²) in [7, 11) is -3.84. The van der Waals surface area contributed by atoms with Gasteiger partial charge in [0, 0.05) is 12.0 Å². The number of aromatic hydroxyl groups is 1. The minimum Gasteiger partial charge on any atom is -0.508 e. The van der Waals surface area contributed by atoms with Crippen molar-refractivity contribution in [3.05, 3.63) is 82.6 Å². The summed E-state index contributed by atoms with van der Waals surface area (Å²) in [5.41, 5.74) is 1.25.